The molecule has 1 fully saturated rings. The molecular weight excluding hydrogens is 376 g/mol. The van der Waals surface area contributed by atoms with Gasteiger partial charge in [-0.25, -0.2) is 4.98 Å². The second-order valence-corrected chi connectivity index (χ2v) is 7.30. The molecule has 1 saturated heterocycles. The van der Waals surface area contributed by atoms with E-state index in [0.29, 0.717) is 24.7 Å². The molecule has 0 saturated carbocycles. The molecule has 3 rings (SSSR count). The first-order valence-electron chi connectivity index (χ1n) is 9.17. The SMILES string of the molecule is COC/C=C/c1sc(C(=O)NCC(=O)N2CCNCC2)nc1-c1ccccc1. The van der Waals surface area contributed by atoms with Gasteiger partial charge in [0.1, 0.15) is 0 Å². The Morgan fingerprint density at radius 3 is 2.75 bits per heavy atom. The molecule has 1 aromatic carbocycles. The predicted octanol–water partition coefficient (Wildman–Crippen LogP) is 1.63. The average molecular weight is 401 g/mol. The van der Waals surface area contributed by atoms with Crippen molar-refractivity contribution in [1.29, 1.82) is 0 Å². The molecule has 2 N–H and O–H groups in total. The molecule has 0 bridgehead atoms. The number of nitrogens with zero attached hydrogens (tertiary/aromatic N) is 2. The van der Waals surface area contributed by atoms with Crippen LogP contribution in [0.25, 0.3) is 17.3 Å². The van der Waals surface area contributed by atoms with E-state index in [1.165, 1.54) is 11.3 Å². The zero-order chi connectivity index (χ0) is 19.8. The Balaban J connectivity index is 1.71. The largest absolute Gasteiger partial charge is 0.381 e. The van der Waals surface area contributed by atoms with Gasteiger partial charge in [-0.1, -0.05) is 36.4 Å². The minimum Gasteiger partial charge on any atom is -0.381 e. The van der Waals surface area contributed by atoms with Crippen molar-refractivity contribution in [2.24, 2.45) is 0 Å². The number of methoxy groups -OCH3 is 1. The summed E-state index contributed by atoms with van der Waals surface area (Å²) in [5, 5.41) is 6.24. The Morgan fingerprint density at radius 1 is 1.29 bits per heavy atom. The lowest BCUT2D eigenvalue weighted by atomic mass is 10.1. The van der Waals surface area contributed by atoms with Gasteiger partial charge in [0.25, 0.3) is 5.91 Å². The number of carbonyl (C=O) groups excluding carboxylic acids is 2. The number of amides is 2. The number of benzene rings is 1. The number of ether oxygens (including phenoxy) is 1. The van der Waals surface area contributed by atoms with Crippen LogP contribution in [-0.4, -0.2) is 68.1 Å². The highest BCUT2D eigenvalue weighted by atomic mass is 32.1. The molecule has 0 unspecified atom stereocenters. The fraction of sp³-hybridized carbons (Fsp3) is 0.350. The highest BCUT2D eigenvalue weighted by Gasteiger charge is 2.20. The summed E-state index contributed by atoms with van der Waals surface area (Å²) in [5.41, 5.74) is 1.68. The Morgan fingerprint density at radius 2 is 2.04 bits per heavy atom. The van der Waals surface area contributed by atoms with Crippen molar-refractivity contribution in [2.45, 2.75) is 0 Å². The third-order valence-electron chi connectivity index (χ3n) is 4.30. The van der Waals surface area contributed by atoms with Crippen molar-refractivity contribution in [2.75, 3.05) is 46.4 Å². The van der Waals surface area contributed by atoms with Crippen LogP contribution in [0.4, 0.5) is 0 Å². The van der Waals surface area contributed by atoms with Gasteiger partial charge in [-0.05, 0) is 6.08 Å². The molecule has 28 heavy (non-hydrogen) atoms. The van der Waals surface area contributed by atoms with Crippen LogP contribution in [0.15, 0.2) is 36.4 Å². The number of rotatable bonds is 7. The first-order chi connectivity index (χ1) is 13.7. The highest BCUT2D eigenvalue weighted by molar-refractivity contribution is 7.15. The molecule has 148 valence electrons. The van der Waals surface area contributed by atoms with Gasteiger partial charge >= 0.3 is 0 Å². The van der Waals surface area contributed by atoms with Gasteiger partial charge in [0.15, 0.2) is 5.01 Å². The summed E-state index contributed by atoms with van der Waals surface area (Å²) in [6.45, 7) is 3.35. The van der Waals surface area contributed by atoms with Crippen molar-refractivity contribution in [3.8, 4) is 11.3 Å². The van der Waals surface area contributed by atoms with E-state index >= 15 is 0 Å². The molecular formula is C20H24N4O3S. The van der Waals surface area contributed by atoms with Crippen molar-refractivity contribution < 1.29 is 14.3 Å². The van der Waals surface area contributed by atoms with Crippen LogP contribution in [-0.2, 0) is 9.53 Å². The van der Waals surface area contributed by atoms with Crippen LogP contribution < -0.4 is 10.6 Å². The summed E-state index contributed by atoms with van der Waals surface area (Å²) >= 11 is 1.30. The summed E-state index contributed by atoms with van der Waals surface area (Å²) in [5.74, 6) is -0.410. The van der Waals surface area contributed by atoms with E-state index in [1.54, 1.807) is 12.0 Å². The van der Waals surface area contributed by atoms with Crippen LogP contribution in [0.5, 0.6) is 0 Å². The molecule has 1 aromatic heterocycles. The summed E-state index contributed by atoms with van der Waals surface area (Å²) in [7, 11) is 1.63. The van der Waals surface area contributed by atoms with Gasteiger partial charge in [-0.3, -0.25) is 9.59 Å². The number of hydrogen-bond donors (Lipinski definition) is 2. The van der Waals surface area contributed by atoms with Gasteiger partial charge in [-0.2, -0.15) is 0 Å². The summed E-state index contributed by atoms with van der Waals surface area (Å²) in [6.07, 6.45) is 3.79. The first kappa shape index (κ1) is 20.2. The second kappa shape index (κ2) is 10.1. The average Bonchev–Trinajstić information content (AvgIpc) is 3.17. The van der Waals surface area contributed by atoms with Gasteiger partial charge in [0.05, 0.1) is 23.7 Å². The minimum atomic E-state index is -0.336. The fourth-order valence-electron chi connectivity index (χ4n) is 2.85. The molecule has 1 aliphatic rings. The van der Waals surface area contributed by atoms with Gasteiger partial charge in [0, 0.05) is 38.9 Å². The number of thiazole rings is 1. The quantitative estimate of drug-likeness (QED) is 0.738. The van der Waals surface area contributed by atoms with E-state index in [4.69, 9.17) is 4.74 Å². The normalized spacial score (nSPS) is 14.4. The van der Waals surface area contributed by atoms with E-state index < -0.39 is 0 Å². The van der Waals surface area contributed by atoms with Crippen LogP contribution in [0.3, 0.4) is 0 Å². The second-order valence-electron chi connectivity index (χ2n) is 6.27. The van der Waals surface area contributed by atoms with Crippen LogP contribution in [0.1, 0.15) is 14.7 Å². The number of piperazine rings is 1. The molecule has 2 heterocycles. The Bertz CT molecular complexity index is 829. The number of nitrogens with one attached hydrogen (secondary N) is 2. The number of carbonyl (C=O) groups is 2. The van der Waals surface area contributed by atoms with Crippen molar-refractivity contribution in [3.05, 3.63) is 46.3 Å². The monoisotopic (exact) mass is 400 g/mol. The lowest BCUT2D eigenvalue weighted by Gasteiger charge is -2.27. The summed E-state index contributed by atoms with van der Waals surface area (Å²) in [4.78, 5) is 32.0. The molecule has 0 aliphatic carbocycles. The van der Waals surface area contributed by atoms with E-state index in [2.05, 4.69) is 15.6 Å². The molecule has 0 atom stereocenters. The van der Waals surface area contributed by atoms with E-state index in [0.717, 1.165) is 29.2 Å². The predicted molar refractivity (Wildman–Crippen MR) is 110 cm³/mol. The summed E-state index contributed by atoms with van der Waals surface area (Å²) < 4.78 is 5.06. The smallest absolute Gasteiger partial charge is 0.280 e. The van der Waals surface area contributed by atoms with Gasteiger partial charge < -0.3 is 20.3 Å². The zero-order valence-electron chi connectivity index (χ0n) is 15.8. The van der Waals surface area contributed by atoms with Crippen molar-refractivity contribution in [1.82, 2.24) is 20.5 Å². The maximum atomic E-state index is 12.6. The molecule has 2 amide bonds. The lowest BCUT2D eigenvalue weighted by Crippen LogP contribution is -2.49. The molecule has 1 aliphatic heterocycles. The van der Waals surface area contributed by atoms with Crippen LogP contribution in [0, 0.1) is 0 Å². The topological polar surface area (TPSA) is 83.6 Å². The standard InChI is InChI=1S/C20H24N4O3S/c1-27-13-5-8-16-18(15-6-3-2-4-7-15)23-20(28-16)19(26)22-14-17(25)24-11-9-21-10-12-24/h2-8,21H,9-14H2,1H3,(H,22,26)/b8-5+. The maximum Gasteiger partial charge on any atom is 0.280 e. The fourth-order valence-corrected chi connectivity index (χ4v) is 3.79. The highest BCUT2D eigenvalue weighted by Crippen LogP contribution is 2.29. The number of hydrogen-bond acceptors (Lipinski definition) is 6. The lowest BCUT2D eigenvalue weighted by molar-refractivity contribution is -0.130. The zero-order valence-corrected chi connectivity index (χ0v) is 16.6. The Labute approximate surface area is 168 Å². The maximum absolute atomic E-state index is 12.6. The van der Waals surface area contributed by atoms with Crippen molar-refractivity contribution >= 4 is 29.2 Å². The van der Waals surface area contributed by atoms with Gasteiger partial charge in [0.2, 0.25) is 5.91 Å². The van der Waals surface area contributed by atoms with Crippen LogP contribution in [0.2, 0.25) is 0 Å². The molecule has 7 nitrogen and oxygen atoms in total. The minimum absolute atomic E-state index is 0.0199. The van der Waals surface area contributed by atoms with E-state index in [1.807, 2.05) is 42.5 Å². The molecule has 2 aromatic rings. The third-order valence-corrected chi connectivity index (χ3v) is 5.32. The number of aromatic nitrogens is 1. The van der Waals surface area contributed by atoms with E-state index in [9.17, 15) is 9.59 Å². The molecule has 8 heteroatoms. The Kier molecular flexibility index (Phi) is 7.30. The Hall–Kier alpha value is -2.55. The van der Waals surface area contributed by atoms with E-state index in [-0.39, 0.29) is 18.4 Å². The third kappa shape index (κ3) is 5.25. The van der Waals surface area contributed by atoms with Crippen LogP contribution >= 0.6 is 11.3 Å². The van der Waals surface area contributed by atoms with Crippen molar-refractivity contribution in [3.63, 3.8) is 0 Å². The summed E-state index contributed by atoms with van der Waals surface area (Å²) in [6, 6.07) is 9.72. The van der Waals surface area contributed by atoms with Gasteiger partial charge in [-0.15, -0.1) is 11.3 Å². The molecule has 0 radical (unpaired) electrons. The first-order valence-corrected chi connectivity index (χ1v) is 9.99. The molecule has 0 spiro atoms.